The molecule has 0 bridgehead atoms. The van der Waals surface area contributed by atoms with Gasteiger partial charge in [0.05, 0.1) is 17.9 Å². The van der Waals surface area contributed by atoms with Gasteiger partial charge in [-0.2, -0.15) is 0 Å². The van der Waals surface area contributed by atoms with Crippen LogP contribution in [0.2, 0.25) is 0 Å². The molecular weight excluding hydrogens is 372 g/mol. The summed E-state index contributed by atoms with van der Waals surface area (Å²) in [6.07, 6.45) is 5.59. The Kier molecular flexibility index (Phi) is 5.98. The van der Waals surface area contributed by atoms with Crippen LogP contribution in [-0.4, -0.2) is 35.7 Å². The largest absolute Gasteiger partial charge is 0.435 e. The fourth-order valence-electron chi connectivity index (χ4n) is 5.80. The normalized spacial score (nSPS) is 40.2. The van der Waals surface area contributed by atoms with Crippen molar-refractivity contribution >= 4 is 11.9 Å². The van der Waals surface area contributed by atoms with E-state index in [-0.39, 0.29) is 16.7 Å². The van der Waals surface area contributed by atoms with E-state index >= 15 is 0 Å². The molecule has 3 rings (SSSR count). The van der Waals surface area contributed by atoms with E-state index in [0.29, 0.717) is 0 Å². The van der Waals surface area contributed by atoms with Crippen molar-refractivity contribution in [3.63, 3.8) is 0 Å². The van der Waals surface area contributed by atoms with Crippen LogP contribution >= 0.6 is 0 Å². The van der Waals surface area contributed by atoms with Gasteiger partial charge in [-0.1, -0.05) is 39.3 Å². The van der Waals surface area contributed by atoms with Crippen LogP contribution in [-0.2, 0) is 23.8 Å². The average Bonchev–Trinajstić information content (AvgIpc) is 2.91. The van der Waals surface area contributed by atoms with Crippen LogP contribution in [0, 0.1) is 22.7 Å². The Balaban J connectivity index is 2.03. The molecule has 1 saturated heterocycles. The van der Waals surface area contributed by atoms with Crippen molar-refractivity contribution in [2.45, 2.75) is 85.9 Å². The minimum absolute atomic E-state index is 0.0875. The molecule has 1 saturated carbocycles. The highest BCUT2D eigenvalue weighted by molar-refractivity contribution is 5.67. The molecule has 0 spiro atoms. The summed E-state index contributed by atoms with van der Waals surface area (Å²) in [5.41, 5.74) is 2.25. The Hall–Kier alpha value is -1.66. The zero-order valence-corrected chi connectivity index (χ0v) is 18.4. The summed E-state index contributed by atoms with van der Waals surface area (Å²) >= 11 is 0. The molecule has 2 aliphatic carbocycles. The lowest BCUT2D eigenvalue weighted by Gasteiger charge is -2.48. The second kappa shape index (κ2) is 7.88. The van der Waals surface area contributed by atoms with Crippen molar-refractivity contribution in [1.29, 1.82) is 0 Å². The van der Waals surface area contributed by atoms with Gasteiger partial charge in [-0.05, 0) is 48.2 Å². The molecule has 29 heavy (non-hydrogen) atoms. The molecule has 0 amide bonds. The molecule has 2 fully saturated rings. The Morgan fingerprint density at radius 3 is 2.31 bits per heavy atom. The summed E-state index contributed by atoms with van der Waals surface area (Å²) in [6, 6.07) is 0. The lowest BCUT2D eigenvalue weighted by Crippen LogP contribution is -2.43. The molecular formula is C23H34O6. The van der Waals surface area contributed by atoms with Crippen molar-refractivity contribution < 1.29 is 28.9 Å². The molecule has 6 heteroatoms. The van der Waals surface area contributed by atoms with E-state index in [4.69, 9.17) is 14.2 Å². The third-order valence-electron chi connectivity index (χ3n) is 6.67. The van der Waals surface area contributed by atoms with Crippen molar-refractivity contribution in [2.75, 3.05) is 0 Å². The van der Waals surface area contributed by atoms with Crippen LogP contribution in [0.25, 0.3) is 0 Å². The van der Waals surface area contributed by atoms with E-state index in [9.17, 15) is 14.7 Å². The number of allylic oxidation sites excluding steroid dienone is 2. The monoisotopic (exact) mass is 406 g/mol. The summed E-state index contributed by atoms with van der Waals surface area (Å²) in [5, 5.41) is 11.1. The van der Waals surface area contributed by atoms with E-state index < -0.39 is 36.5 Å². The third-order valence-corrected chi connectivity index (χ3v) is 6.67. The first kappa shape index (κ1) is 22.0. The number of ether oxygens (including phenoxy) is 3. The molecule has 1 heterocycles. The molecule has 0 radical (unpaired) electrons. The van der Waals surface area contributed by atoms with Crippen molar-refractivity contribution in [2.24, 2.45) is 22.7 Å². The number of aliphatic hydroxyl groups excluding tert-OH is 1. The number of rotatable bonds is 3. The van der Waals surface area contributed by atoms with Crippen molar-refractivity contribution in [3.05, 3.63) is 23.3 Å². The Morgan fingerprint density at radius 2 is 1.76 bits per heavy atom. The van der Waals surface area contributed by atoms with Gasteiger partial charge in [0.15, 0.2) is 0 Å². The molecule has 0 aromatic carbocycles. The van der Waals surface area contributed by atoms with Gasteiger partial charge in [0.25, 0.3) is 0 Å². The summed E-state index contributed by atoms with van der Waals surface area (Å²) in [7, 11) is 0. The van der Waals surface area contributed by atoms with Crippen LogP contribution in [0.3, 0.4) is 0 Å². The molecule has 6 atom stereocenters. The molecule has 3 aliphatic rings. The fraction of sp³-hybridized carbons (Fsp3) is 0.739. The molecule has 0 aromatic heterocycles. The minimum Gasteiger partial charge on any atom is -0.435 e. The SMILES string of the molecule is CC=C1C([C@@]2(C)CCCC(C)(C)C2)=C[C@@H](O)[C@H]2[C@H](OC(C)=O)O[C@H](OC(C)=O)[C@@H]12. The predicted molar refractivity (Wildman–Crippen MR) is 107 cm³/mol. The van der Waals surface area contributed by atoms with E-state index in [0.717, 1.165) is 30.4 Å². The number of hydrogen-bond donors (Lipinski definition) is 1. The number of carbonyl (C=O) groups is 2. The van der Waals surface area contributed by atoms with Crippen molar-refractivity contribution in [1.82, 2.24) is 0 Å². The van der Waals surface area contributed by atoms with Gasteiger partial charge >= 0.3 is 11.9 Å². The first-order valence-electron chi connectivity index (χ1n) is 10.5. The van der Waals surface area contributed by atoms with Crippen LogP contribution < -0.4 is 0 Å². The summed E-state index contributed by atoms with van der Waals surface area (Å²) < 4.78 is 16.6. The fourth-order valence-corrected chi connectivity index (χ4v) is 5.80. The number of aliphatic hydroxyl groups is 1. The minimum atomic E-state index is -0.958. The van der Waals surface area contributed by atoms with Crippen LogP contribution in [0.1, 0.15) is 67.2 Å². The molecule has 162 valence electrons. The van der Waals surface area contributed by atoms with Gasteiger partial charge in [0.2, 0.25) is 12.6 Å². The maximum absolute atomic E-state index is 11.7. The van der Waals surface area contributed by atoms with Crippen molar-refractivity contribution in [3.8, 4) is 0 Å². The Labute approximate surface area is 173 Å². The summed E-state index contributed by atoms with van der Waals surface area (Å²) in [5.74, 6) is -1.87. The first-order valence-corrected chi connectivity index (χ1v) is 10.5. The summed E-state index contributed by atoms with van der Waals surface area (Å²) in [6.45, 7) is 11.4. The molecule has 0 unspecified atom stereocenters. The van der Waals surface area contributed by atoms with Gasteiger partial charge in [-0.3, -0.25) is 9.59 Å². The lowest BCUT2D eigenvalue weighted by atomic mass is 9.57. The van der Waals surface area contributed by atoms with Gasteiger partial charge in [0, 0.05) is 13.8 Å². The number of hydrogen-bond acceptors (Lipinski definition) is 6. The maximum Gasteiger partial charge on any atom is 0.304 e. The number of fused-ring (bicyclic) bond motifs is 1. The van der Waals surface area contributed by atoms with Gasteiger partial charge in [-0.25, -0.2) is 0 Å². The van der Waals surface area contributed by atoms with Crippen LogP contribution in [0.5, 0.6) is 0 Å². The highest BCUT2D eigenvalue weighted by Gasteiger charge is 2.56. The Morgan fingerprint density at radius 1 is 1.14 bits per heavy atom. The van der Waals surface area contributed by atoms with Crippen LogP contribution in [0.4, 0.5) is 0 Å². The average molecular weight is 407 g/mol. The van der Waals surface area contributed by atoms with E-state index in [1.807, 2.05) is 19.1 Å². The molecule has 6 nitrogen and oxygen atoms in total. The highest BCUT2D eigenvalue weighted by Crippen LogP contribution is 2.57. The highest BCUT2D eigenvalue weighted by atomic mass is 16.8. The maximum atomic E-state index is 11.7. The van der Waals surface area contributed by atoms with Gasteiger partial charge in [0.1, 0.15) is 0 Å². The third kappa shape index (κ3) is 4.29. The van der Waals surface area contributed by atoms with Gasteiger partial charge < -0.3 is 19.3 Å². The number of esters is 2. The smallest absolute Gasteiger partial charge is 0.304 e. The molecule has 1 aliphatic heterocycles. The molecule has 0 aromatic rings. The lowest BCUT2D eigenvalue weighted by molar-refractivity contribution is -0.215. The zero-order valence-electron chi connectivity index (χ0n) is 18.4. The first-order chi connectivity index (χ1) is 13.5. The topological polar surface area (TPSA) is 82.1 Å². The van der Waals surface area contributed by atoms with E-state index in [1.54, 1.807) is 0 Å². The molecule has 1 N–H and O–H groups in total. The standard InChI is InChI=1S/C23H34O6/c1-7-15-16(23(6)10-8-9-22(4,5)12-23)11-17(26)19-18(15)20(27-13(2)24)29-21(19)28-14(3)25/h7,11,17-21,26H,8-10,12H2,1-6H3/t17-,18+,19-,20+,21-,23+/m1/s1. The van der Waals surface area contributed by atoms with Crippen LogP contribution in [0.15, 0.2) is 23.3 Å². The van der Waals surface area contributed by atoms with E-state index in [2.05, 4.69) is 20.8 Å². The number of carbonyl (C=O) groups excluding carboxylic acids is 2. The Bertz CT molecular complexity index is 736. The van der Waals surface area contributed by atoms with E-state index in [1.165, 1.54) is 20.3 Å². The summed E-state index contributed by atoms with van der Waals surface area (Å²) in [4.78, 5) is 23.3. The van der Waals surface area contributed by atoms with Gasteiger partial charge in [-0.15, -0.1) is 0 Å². The second-order valence-corrected chi connectivity index (χ2v) is 9.77. The quantitative estimate of drug-likeness (QED) is 0.716. The zero-order chi connectivity index (χ0) is 21.6. The predicted octanol–water partition coefficient (Wildman–Crippen LogP) is 3.88. The second-order valence-electron chi connectivity index (χ2n) is 9.77.